The first-order valence-corrected chi connectivity index (χ1v) is 8.38. The summed E-state index contributed by atoms with van der Waals surface area (Å²) in [6.45, 7) is 0. The van der Waals surface area contributed by atoms with Crippen LogP contribution in [0.3, 0.4) is 0 Å². The van der Waals surface area contributed by atoms with Crippen molar-refractivity contribution in [3.05, 3.63) is 66.3 Å². The van der Waals surface area contributed by atoms with E-state index in [4.69, 9.17) is 5.73 Å². The van der Waals surface area contributed by atoms with Gasteiger partial charge in [-0.3, -0.25) is 15.1 Å². The highest BCUT2D eigenvalue weighted by atomic mass is 15.1. The van der Waals surface area contributed by atoms with Gasteiger partial charge in [0.2, 0.25) is 0 Å². The number of rotatable bonds is 2. The second-order valence-corrected chi connectivity index (χ2v) is 6.30. The third-order valence-electron chi connectivity index (χ3n) is 4.54. The van der Waals surface area contributed by atoms with Gasteiger partial charge in [0.05, 0.1) is 28.8 Å². The Morgan fingerprint density at radius 3 is 2.92 bits per heavy atom. The predicted octanol–water partition coefficient (Wildman–Crippen LogP) is 3.72. The van der Waals surface area contributed by atoms with E-state index in [2.05, 4.69) is 55.5 Å². The molecule has 0 amide bonds. The number of aromatic nitrogens is 5. The van der Waals surface area contributed by atoms with Crippen molar-refractivity contribution in [1.82, 2.24) is 25.1 Å². The maximum absolute atomic E-state index is 5.85. The number of aromatic amines is 2. The fraction of sp³-hybridized carbons (Fsp3) is 0.0500. The van der Waals surface area contributed by atoms with Gasteiger partial charge in [0.15, 0.2) is 0 Å². The van der Waals surface area contributed by atoms with Gasteiger partial charge in [0.1, 0.15) is 5.69 Å². The summed E-state index contributed by atoms with van der Waals surface area (Å²) in [7, 11) is 0. The van der Waals surface area contributed by atoms with Gasteiger partial charge in [-0.25, -0.2) is 0 Å². The van der Waals surface area contributed by atoms with E-state index in [1.165, 1.54) is 11.3 Å². The largest absolute Gasteiger partial charge is 0.397 e. The molecule has 1 aliphatic carbocycles. The van der Waals surface area contributed by atoms with E-state index in [1.54, 1.807) is 18.6 Å². The maximum atomic E-state index is 5.85. The van der Waals surface area contributed by atoms with Crippen molar-refractivity contribution in [1.29, 1.82) is 0 Å². The number of nitrogens with one attached hydrogen (secondary N) is 2. The third kappa shape index (κ3) is 2.39. The first-order valence-electron chi connectivity index (χ1n) is 8.38. The Morgan fingerprint density at radius 1 is 1.04 bits per heavy atom. The van der Waals surface area contributed by atoms with Gasteiger partial charge >= 0.3 is 0 Å². The van der Waals surface area contributed by atoms with E-state index in [0.29, 0.717) is 5.69 Å². The summed E-state index contributed by atoms with van der Waals surface area (Å²) in [5.74, 6) is 0. The topological polar surface area (TPSA) is 96.3 Å². The van der Waals surface area contributed by atoms with Crippen LogP contribution >= 0.6 is 0 Å². The standard InChI is InChI=1S/C20H16N6/c21-14-6-13(9-22-10-14)17-8-15-19(11-23-17)25-26-20(15)18-7-12-4-2-1-3-5-16(12)24-18/h1-4,6-11,24H,5,21H2,(H,25,26). The lowest BCUT2D eigenvalue weighted by molar-refractivity contribution is 1.10. The smallest absolute Gasteiger partial charge is 0.116 e. The van der Waals surface area contributed by atoms with Gasteiger partial charge in [0.25, 0.3) is 0 Å². The van der Waals surface area contributed by atoms with Crippen LogP contribution in [0.2, 0.25) is 0 Å². The number of hydrogen-bond acceptors (Lipinski definition) is 4. The maximum Gasteiger partial charge on any atom is 0.116 e. The van der Waals surface area contributed by atoms with Crippen LogP contribution in [0.15, 0.2) is 55.0 Å². The van der Waals surface area contributed by atoms with Crippen molar-refractivity contribution in [2.75, 3.05) is 5.73 Å². The number of anilines is 1. The van der Waals surface area contributed by atoms with E-state index in [0.717, 1.165) is 40.0 Å². The van der Waals surface area contributed by atoms with Crippen LogP contribution in [0, 0.1) is 0 Å². The fourth-order valence-electron chi connectivity index (χ4n) is 3.26. The average molecular weight is 340 g/mol. The number of allylic oxidation sites excluding steroid dienone is 3. The van der Waals surface area contributed by atoms with Crippen molar-refractivity contribution in [3.8, 4) is 22.6 Å². The minimum atomic E-state index is 0.616. The first kappa shape index (κ1) is 14.7. The molecule has 126 valence electrons. The molecule has 0 spiro atoms. The number of pyridine rings is 2. The van der Waals surface area contributed by atoms with Crippen LogP contribution < -0.4 is 5.73 Å². The van der Waals surface area contributed by atoms with Crippen LogP contribution in [-0.4, -0.2) is 25.1 Å². The summed E-state index contributed by atoms with van der Waals surface area (Å²) in [5, 5.41) is 8.58. The van der Waals surface area contributed by atoms with Crippen molar-refractivity contribution < 1.29 is 0 Å². The molecule has 6 nitrogen and oxygen atoms in total. The highest BCUT2D eigenvalue weighted by Crippen LogP contribution is 2.31. The average Bonchev–Trinajstić information content (AvgIpc) is 3.19. The zero-order chi connectivity index (χ0) is 17.5. The molecule has 0 saturated heterocycles. The summed E-state index contributed by atoms with van der Waals surface area (Å²) < 4.78 is 0. The molecule has 6 heteroatoms. The normalized spacial score (nSPS) is 13.1. The first-order chi connectivity index (χ1) is 12.8. The fourth-order valence-corrected chi connectivity index (χ4v) is 3.26. The molecule has 0 aliphatic heterocycles. The number of nitrogen functional groups attached to an aromatic ring is 1. The number of nitrogens with zero attached hydrogens (tertiary/aromatic N) is 3. The summed E-state index contributed by atoms with van der Waals surface area (Å²) in [6, 6.07) is 6.03. The van der Waals surface area contributed by atoms with E-state index in [-0.39, 0.29) is 0 Å². The van der Waals surface area contributed by atoms with Gasteiger partial charge in [-0.05, 0) is 23.8 Å². The Hall–Kier alpha value is -3.67. The van der Waals surface area contributed by atoms with Crippen molar-refractivity contribution in [3.63, 3.8) is 0 Å². The van der Waals surface area contributed by atoms with Gasteiger partial charge in [0, 0.05) is 35.5 Å². The minimum Gasteiger partial charge on any atom is -0.397 e. The Kier molecular flexibility index (Phi) is 3.21. The lowest BCUT2D eigenvalue weighted by Crippen LogP contribution is -1.89. The van der Waals surface area contributed by atoms with Crippen molar-refractivity contribution in [2.24, 2.45) is 0 Å². The van der Waals surface area contributed by atoms with Crippen molar-refractivity contribution >= 4 is 22.7 Å². The number of H-pyrrole nitrogens is 2. The summed E-state index contributed by atoms with van der Waals surface area (Å²) in [6.07, 6.45) is 14.4. The van der Waals surface area contributed by atoms with Crippen LogP contribution in [0.4, 0.5) is 5.69 Å². The molecule has 0 radical (unpaired) electrons. The zero-order valence-corrected chi connectivity index (χ0v) is 13.9. The van der Waals surface area contributed by atoms with Crippen LogP contribution in [0.5, 0.6) is 0 Å². The Labute approximate surface area is 149 Å². The Balaban J connectivity index is 1.64. The molecule has 0 aromatic carbocycles. The summed E-state index contributed by atoms with van der Waals surface area (Å²) in [5.41, 5.74) is 13.3. The van der Waals surface area contributed by atoms with E-state index in [1.807, 2.05) is 12.1 Å². The summed E-state index contributed by atoms with van der Waals surface area (Å²) in [4.78, 5) is 12.2. The molecule has 26 heavy (non-hydrogen) atoms. The highest BCUT2D eigenvalue weighted by Gasteiger charge is 2.14. The Morgan fingerprint density at radius 2 is 2.00 bits per heavy atom. The van der Waals surface area contributed by atoms with E-state index >= 15 is 0 Å². The molecule has 0 saturated carbocycles. The molecule has 4 aromatic rings. The quantitative estimate of drug-likeness (QED) is 0.518. The van der Waals surface area contributed by atoms with Gasteiger partial charge in [-0.15, -0.1) is 0 Å². The van der Waals surface area contributed by atoms with Crippen LogP contribution in [-0.2, 0) is 6.42 Å². The van der Waals surface area contributed by atoms with Gasteiger partial charge in [-0.2, -0.15) is 5.10 Å². The number of nitrogens with two attached hydrogens (primary N) is 1. The lowest BCUT2D eigenvalue weighted by Gasteiger charge is -2.02. The van der Waals surface area contributed by atoms with E-state index in [9.17, 15) is 0 Å². The molecule has 4 heterocycles. The predicted molar refractivity (Wildman–Crippen MR) is 103 cm³/mol. The lowest BCUT2D eigenvalue weighted by atomic mass is 10.1. The van der Waals surface area contributed by atoms with Gasteiger partial charge in [-0.1, -0.05) is 24.3 Å². The molecule has 1 aliphatic rings. The molecule has 4 aromatic heterocycles. The molecular formula is C20H16N6. The second kappa shape index (κ2) is 5.70. The molecule has 0 atom stereocenters. The molecule has 4 N–H and O–H groups in total. The second-order valence-electron chi connectivity index (χ2n) is 6.30. The minimum absolute atomic E-state index is 0.616. The SMILES string of the molecule is Nc1cncc(-c2cc3c(-c4cc5c([nH]4)CC=CC=C5)n[nH]c3cn2)c1. The number of hydrogen-bond donors (Lipinski definition) is 3. The number of fused-ring (bicyclic) bond motifs is 2. The Bertz CT molecular complexity index is 1180. The molecular weight excluding hydrogens is 324 g/mol. The zero-order valence-electron chi connectivity index (χ0n) is 13.9. The monoisotopic (exact) mass is 340 g/mol. The van der Waals surface area contributed by atoms with Crippen LogP contribution in [0.25, 0.3) is 39.6 Å². The van der Waals surface area contributed by atoms with Crippen molar-refractivity contribution in [2.45, 2.75) is 6.42 Å². The molecule has 5 rings (SSSR count). The molecule has 0 unspecified atom stereocenters. The third-order valence-corrected chi connectivity index (χ3v) is 4.54. The van der Waals surface area contributed by atoms with Crippen LogP contribution in [0.1, 0.15) is 11.3 Å². The van der Waals surface area contributed by atoms with E-state index < -0.39 is 0 Å². The molecule has 0 fully saturated rings. The highest BCUT2D eigenvalue weighted by molar-refractivity contribution is 5.94. The van der Waals surface area contributed by atoms with Gasteiger partial charge < -0.3 is 10.7 Å². The molecule has 0 bridgehead atoms. The summed E-state index contributed by atoms with van der Waals surface area (Å²) >= 11 is 0.